The minimum absolute atomic E-state index is 0.0333. The first-order chi connectivity index (χ1) is 17.1. The Labute approximate surface area is 206 Å². The molecule has 0 unspecified atom stereocenters. The van der Waals surface area contributed by atoms with Crippen molar-refractivity contribution in [3.63, 3.8) is 0 Å². The molecule has 2 aromatic carbocycles. The summed E-state index contributed by atoms with van der Waals surface area (Å²) in [6.45, 7) is 8.42. The molecule has 1 aromatic heterocycles. The molecule has 1 saturated heterocycles. The first kappa shape index (κ1) is 23.5. The van der Waals surface area contributed by atoms with Gasteiger partial charge in [-0.15, -0.1) is 0 Å². The monoisotopic (exact) mass is 475 g/mol. The summed E-state index contributed by atoms with van der Waals surface area (Å²) in [7, 11) is 1.66. The highest BCUT2D eigenvalue weighted by Crippen LogP contribution is 2.29. The summed E-state index contributed by atoms with van der Waals surface area (Å²) in [5.41, 5.74) is 3.67. The molecule has 2 aliphatic rings. The molecular formula is C27H33N5O3. The van der Waals surface area contributed by atoms with Gasteiger partial charge in [0.05, 0.1) is 39.4 Å². The van der Waals surface area contributed by atoms with Gasteiger partial charge in [0.25, 0.3) is 5.56 Å². The Balaban J connectivity index is 1.48. The summed E-state index contributed by atoms with van der Waals surface area (Å²) < 4.78 is 12.7. The van der Waals surface area contributed by atoms with Crippen molar-refractivity contribution < 1.29 is 9.47 Å². The number of rotatable bonds is 7. The lowest BCUT2D eigenvalue weighted by molar-refractivity contribution is 0.0310. The summed E-state index contributed by atoms with van der Waals surface area (Å²) in [5, 5.41) is 0. The summed E-state index contributed by atoms with van der Waals surface area (Å²) >= 11 is 0. The van der Waals surface area contributed by atoms with Crippen LogP contribution in [0.5, 0.6) is 5.75 Å². The molecule has 0 amide bonds. The van der Waals surface area contributed by atoms with E-state index in [0.717, 1.165) is 67.7 Å². The average molecular weight is 476 g/mol. The van der Waals surface area contributed by atoms with Gasteiger partial charge in [0.2, 0.25) is 5.95 Å². The molecular weight excluding hydrogens is 442 g/mol. The number of hydrogen-bond donors (Lipinski definition) is 0. The van der Waals surface area contributed by atoms with E-state index in [4.69, 9.17) is 14.5 Å². The number of benzene rings is 2. The number of ether oxygens (including phenoxy) is 2. The summed E-state index contributed by atoms with van der Waals surface area (Å²) in [4.78, 5) is 25.6. The molecule has 0 atom stereocenters. The summed E-state index contributed by atoms with van der Waals surface area (Å²) in [5.74, 6) is 1.49. The third-order valence-electron chi connectivity index (χ3n) is 6.82. The number of nitrogens with zero attached hydrogens (tertiary/aromatic N) is 5. The Kier molecular flexibility index (Phi) is 7.13. The first-order valence-electron chi connectivity index (χ1n) is 12.2. The van der Waals surface area contributed by atoms with Gasteiger partial charge in [0.15, 0.2) is 0 Å². The molecule has 1 fully saturated rings. The van der Waals surface area contributed by atoms with Gasteiger partial charge < -0.3 is 9.47 Å². The van der Waals surface area contributed by atoms with Crippen LogP contribution in [0, 0.1) is 6.92 Å². The van der Waals surface area contributed by atoms with Gasteiger partial charge in [-0.2, -0.15) is 0 Å². The number of fused-ring (bicyclic) bond motifs is 1. The Morgan fingerprint density at radius 3 is 2.37 bits per heavy atom. The van der Waals surface area contributed by atoms with Crippen LogP contribution >= 0.6 is 0 Å². The van der Waals surface area contributed by atoms with Crippen molar-refractivity contribution in [3.05, 3.63) is 81.8 Å². The van der Waals surface area contributed by atoms with E-state index in [1.54, 1.807) is 7.11 Å². The van der Waals surface area contributed by atoms with Crippen LogP contribution in [-0.2, 0) is 17.8 Å². The number of aromatic nitrogens is 2. The van der Waals surface area contributed by atoms with Crippen molar-refractivity contribution in [2.45, 2.75) is 20.0 Å². The van der Waals surface area contributed by atoms with E-state index in [1.165, 1.54) is 0 Å². The Bertz CT molecular complexity index is 1190. The molecule has 0 bridgehead atoms. The predicted octanol–water partition coefficient (Wildman–Crippen LogP) is 2.85. The fourth-order valence-electron chi connectivity index (χ4n) is 4.74. The van der Waals surface area contributed by atoms with E-state index in [-0.39, 0.29) is 5.56 Å². The van der Waals surface area contributed by atoms with E-state index in [2.05, 4.69) is 26.8 Å². The molecule has 0 N–H and O–H groups in total. The number of morpholine rings is 1. The van der Waals surface area contributed by atoms with Gasteiger partial charge in [-0.1, -0.05) is 30.3 Å². The first-order valence-corrected chi connectivity index (χ1v) is 12.2. The van der Waals surface area contributed by atoms with Crippen molar-refractivity contribution in [1.82, 2.24) is 19.4 Å². The van der Waals surface area contributed by atoms with Gasteiger partial charge in [-0.3, -0.25) is 24.1 Å². The van der Waals surface area contributed by atoms with Gasteiger partial charge in [-0.05, 0) is 36.8 Å². The van der Waals surface area contributed by atoms with E-state index >= 15 is 0 Å². The van der Waals surface area contributed by atoms with Crippen LogP contribution in [0.3, 0.4) is 0 Å². The zero-order valence-corrected chi connectivity index (χ0v) is 20.5. The van der Waals surface area contributed by atoms with Gasteiger partial charge in [0, 0.05) is 43.9 Å². The molecule has 184 valence electrons. The molecule has 5 rings (SSSR count). The highest BCUT2D eigenvalue weighted by molar-refractivity contribution is 5.59. The molecule has 3 aromatic rings. The molecule has 3 heterocycles. The normalized spacial score (nSPS) is 16.8. The second-order valence-corrected chi connectivity index (χ2v) is 9.13. The fourth-order valence-corrected chi connectivity index (χ4v) is 4.74. The molecule has 0 saturated carbocycles. The number of aryl methyl sites for hydroxylation is 1. The zero-order valence-electron chi connectivity index (χ0n) is 20.5. The maximum absolute atomic E-state index is 13.8. The van der Waals surface area contributed by atoms with E-state index in [9.17, 15) is 4.79 Å². The molecule has 2 aliphatic heterocycles. The lowest BCUT2D eigenvalue weighted by Crippen LogP contribution is -2.50. The van der Waals surface area contributed by atoms with E-state index in [0.29, 0.717) is 25.7 Å². The maximum atomic E-state index is 13.8. The second-order valence-electron chi connectivity index (χ2n) is 9.13. The Morgan fingerprint density at radius 2 is 1.66 bits per heavy atom. The smallest absolute Gasteiger partial charge is 0.259 e. The minimum Gasteiger partial charge on any atom is -0.497 e. The van der Waals surface area contributed by atoms with Crippen molar-refractivity contribution in [2.24, 2.45) is 0 Å². The van der Waals surface area contributed by atoms with Crippen LogP contribution < -0.4 is 15.2 Å². The quantitative estimate of drug-likeness (QED) is 0.521. The standard InChI is InChI=1S/C27H33N5O3/c1-21-25(18-22-6-4-3-5-7-22)26(33)32-20-30(13-12-29-14-16-35-17-15-29)19-31(27(32)28-21)23-8-10-24(34-2)11-9-23/h3-11H,12-20H2,1-2H3. The number of methoxy groups -OCH3 is 1. The third kappa shape index (κ3) is 5.24. The van der Waals surface area contributed by atoms with Crippen LogP contribution in [-0.4, -0.2) is 72.5 Å². The van der Waals surface area contributed by atoms with Crippen LogP contribution in [0.25, 0.3) is 0 Å². The van der Waals surface area contributed by atoms with Crippen molar-refractivity contribution >= 4 is 11.6 Å². The summed E-state index contributed by atoms with van der Waals surface area (Å²) in [6, 6.07) is 18.1. The Morgan fingerprint density at radius 1 is 0.943 bits per heavy atom. The van der Waals surface area contributed by atoms with E-state index < -0.39 is 0 Å². The predicted molar refractivity (Wildman–Crippen MR) is 136 cm³/mol. The molecule has 0 spiro atoms. The van der Waals surface area contributed by atoms with Gasteiger partial charge >= 0.3 is 0 Å². The second kappa shape index (κ2) is 10.6. The van der Waals surface area contributed by atoms with Crippen molar-refractivity contribution in [2.75, 3.05) is 58.1 Å². The lowest BCUT2D eigenvalue weighted by atomic mass is 10.1. The zero-order chi connectivity index (χ0) is 24.2. The summed E-state index contributed by atoms with van der Waals surface area (Å²) in [6.07, 6.45) is 0.578. The average Bonchev–Trinajstić information content (AvgIpc) is 2.91. The highest BCUT2D eigenvalue weighted by atomic mass is 16.5. The molecule has 8 heteroatoms. The number of anilines is 2. The van der Waals surface area contributed by atoms with Crippen LogP contribution in [0.4, 0.5) is 11.6 Å². The van der Waals surface area contributed by atoms with E-state index in [1.807, 2.05) is 54.0 Å². The number of hydrogen-bond acceptors (Lipinski definition) is 7. The van der Waals surface area contributed by atoms with Gasteiger partial charge in [-0.25, -0.2) is 4.98 Å². The van der Waals surface area contributed by atoms with Crippen LogP contribution in [0.2, 0.25) is 0 Å². The van der Waals surface area contributed by atoms with Gasteiger partial charge in [0.1, 0.15) is 5.75 Å². The molecule has 8 nitrogen and oxygen atoms in total. The molecule has 35 heavy (non-hydrogen) atoms. The fraction of sp³-hybridized carbons (Fsp3) is 0.407. The molecule has 0 aliphatic carbocycles. The van der Waals surface area contributed by atoms with Crippen LogP contribution in [0.15, 0.2) is 59.4 Å². The Hall–Kier alpha value is -3.20. The topological polar surface area (TPSA) is 63.1 Å². The molecule has 0 radical (unpaired) electrons. The van der Waals surface area contributed by atoms with Crippen molar-refractivity contribution in [3.8, 4) is 5.75 Å². The maximum Gasteiger partial charge on any atom is 0.259 e. The lowest BCUT2D eigenvalue weighted by Gasteiger charge is -2.39. The third-order valence-corrected chi connectivity index (χ3v) is 6.82. The van der Waals surface area contributed by atoms with Crippen LogP contribution in [0.1, 0.15) is 16.8 Å². The largest absolute Gasteiger partial charge is 0.497 e. The SMILES string of the molecule is COc1ccc(N2CN(CCN3CCOCC3)Cn3c2nc(C)c(Cc2ccccc2)c3=O)cc1. The highest BCUT2D eigenvalue weighted by Gasteiger charge is 2.28. The minimum atomic E-state index is 0.0333. The van der Waals surface area contributed by atoms with Crippen molar-refractivity contribution in [1.29, 1.82) is 0 Å².